The molecule has 0 spiro atoms. The molecule has 0 N–H and O–H groups in total. The first-order valence-electron chi connectivity index (χ1n) is 6.71. The van der Waals surface area contributed by atoms with Crippen molar-refractivity contribution in [2.75, 3.05) is 6.54 Å². The van der Waals surface area contributed by atoms with Crippen LogP contribution < -0.4 is 0 Å². The molecule has 0 atom stereocenters. The molecule has 0 bridgehead atoms. The zero-order valence-electron chi connectivity index (χ0n) is 11.9. The largest absolute Gasteiger partial charge is 0.237 e. The summed E-state index contributed by atoms with van der Waals surface area (Å²) in [5, 5.41) is 4.04. The van der Waals surface area contributed by atoms with Gasteiger partial charge in [-0.25, -0.2) is 17.9 Å². The summed E-state index contributed by atoms with van der Waals surface area (Å²) in [4.78, 5) is 4.36. The number of sulfonamides is 1. The topological polar surface area (TPSA) is 67.6 Å². The van der Waals surface area contributed by atoms with E-state index in [9.17, 15) is 8.42 Å². The lowest BCUT2D eigenvalue weighted by atomic mass is 10.1. The maximum atomic E-state index is 12.2. The Morgan fingerprint density at radius 1 is 1.35 bits per heavy atom. The molecule has 2 aromatic heterocycles. The van der Waals surface area contributed by atoms with Gasteiger partial charge < -0.3 is 0 Å². The molecule has 0 unspecified atom stereocenters. The first-order valence-corrected chi connectivity index (χ1v) is 8.22. The molecule has 0 amide bonds. The summed E-state index contributed by atoms with van der Waals surface area (Å²) in [5.41, 5.74) is 3.75. The van der Waals surface area contributed by atoms with E-state index in [1.54, 1.807) is 24.3 Å². The van der Waals surface area contributed by atoms with Crippen LogP contribution in [0.5, 0.6) is 0 Å². The third-order valence-electron chi connectivity index (χ3n) is 3.69. The molecule has 3 rings (SSSR count). The van der Waals surface area contributed by atoms with E-state index in [0.29, 0.717) is 19.5 Å². The molecule has 1 aliphatic rings. The van der Waals surface area contributed by atoms with Crippen molar-refractivity contribution >= 4 is 15.7 Å². The second kappa shape index (κ2) is 4.53. The predicted molar refractivity (Wildman–Crippen MR) is 75.9 cm³/mol. The average Bonchev–Trinajstić information content (AvgIpc) is 2.78. The Hall–Kier alpha value is -1.47. The second-order valence-electron chi connectivity index (χ2n) is 5.46. The number of fused-ring (bicyclic) bond motifs is 3. The standard InChI is InChI=1S/C13H18N4O2S/c1-9(2)20(18,19)16-5-4-12-11(8-16)7-14-13-6-10(3)15-17(12)13/h6-7,9H,4-5,8H2,1-3H3. The lowest BCUT2D eigenvalue weighted by Gasteiger charge is -2.29. The molecule has 20 heavy (non-hydrogen) atoms. The van der Waals surface area contributed by atoms with Crippen molar-refractivity contribution in [3.63, 3.8) is 0 Å². The molecule has 0 aliphatic carbocycles. The molecule has 0 saturated carbocycles. The molecule has 0 fully saturated rings. The smallest absolute Gasteiger partial charge is 0.216 e. The van der Waals surface area contributed by atoms with Gasteiger partial charge in [0.15, 0.2) is 5.65 Å². The summed E-state index contributed by atoms with van der Waals surface area (Å²) < 4.78 is 27.9. The Labute approximate surface area is 118 Å². The van der Waals surface area contributed by atoms with E-state index in [1.807, 2.05) is 17.5 Å². The number of hydrogen-bond donors (Lipinski definition) is 0. The van der Waals surface area contributed by atoms with E-state index in [1.165, 1.54) is 0 Å². The van der Waals surface area contributed by atoms with E-state index in [2.05, 4.69) is 10.1 Å². The van der Waals surface area contributed by atoms with Crippen LogP contribution in [0.25, 0.3) is 5.65 Å². The molecule has 3 heterocycles. The summed E-state index contributed by atoms with van der Waals surface area (Å²) in [7, 11) is -3.21. The van der Waals surface area contributed by atoms with Crippen LogP contribution in [0, 0.1) is 6.92 Å². The van der Waals surface area contributed by atoms with Crippen LogP contribution in [0.4, 0.5) is 0 Å². The summed E-state index contributed by atoms with van der Waals surface area (Å²) >= 11 is 0. The summed E-state index contributed by atoms with van der Waals surface area (Å²) in [6.45, 7) is 6.25. The van der Waals surface area contributed by atoms with Gasteiger partial charge >= 0.3 is 0 Å². The van der Waals surface area contributed by atoms with E-state index >= 15 is 0 Å². The molecule has 0 saturated heterocycles. The highest BCUT2D eigenvalue weighted by molar-refractivity contribution is 7.89. The number of rotatable bonds is 2. The van der Waals surface area contributed by atoms with Gasteiger partial charge in [-0.15, -0.1) is 0 Å². The van der Waals surface area contributed by atoms with Crippen LogP contribution >= 0.6 is 0 Å². The van der Waals surface area contributed by atoms with Crippen molar-refractivity contribution in [3.05, 3.63) is 29.2 Å². The van der Waals surface area contributed by atoms with Crippen LogP contribution in [0.1, 0.15) is 30.8 Å². The van der Waals surface area contributed by atoms with Crippen molar-refractivity contribution < 1.29 is 8.42 Å². The molecule has 1 aliphatic heterocycles. The Bertz CT molecular complexity index is 764. The predicted octanol–water partition coefficient (Wildman–Crippen LogP) is 1.13. The normalized spacial score (nSPS) is 16.8. The lowest BCUT2D eigenvalue weighted by molar-refractivity contribution is 0.380. The minimum atomic E-state index is -3.21. The Balaban J connectivity index is 2.03. The Morgan fingerprint density at radius 3 is 2.80 bits per heavy atom. The molecule has 2 aromatic rings. The van der Waals surface area contributed by atoms with Crippen LogP contribution in [0.15, 0.2) is 12.3 Å². The Kier molecular flexibility index (Phi) is 3.06. The molecular formula is C13H18N4O2S. The summed E-state index contributed by atoms with van der Waals surface area (Å²) in [6.07, 6.45) is 2.44. The highest BCUT2D eigenvalue weighted by Crippen LogP contribution is 2.23. The minimum absolute atomic E-state index is 0.387. The van der Waals surface area contributed by atoms with Crippen LogP contribution in [-0.2, 0) is 23.0 Å². The number of aromatic nitrogens is 3. The zero-order valence-corrected chi connectivity index (χ0v) is 12.7. The maximum absolute atomic E-state index is 12.2. The number of nitrogens with zero attached hydrogens (tertiary/aromatic N) is 4. The Morgan fingerprint density at radius 2 is 2.10 bits per heavy atom. The van der Waals surface area contributed by atoms with E-state index in [0.717, 1.165) is 22.6 Å². The van der Waals surface area contributed by atoms with Crippen molar-refractivity contribution in [1.29, 1.82) is 0 Å². The van der Waals surface area contributed by atoms with Crippen LogP contribution in [0.3, 0.4) is 0 Å². The molecular weight excluding hydrogens is 276 g/mol. The SMILES string of the molecule is Cc1cc2ncc3c(n2n1)CCN(S(=O)(=O)C(C)C)C3. The van der Waals surface area contributed by atoms with Gasteiger partial charge in [0.2, 0.25) is 10.0 Å². The average molecular weight is 294 g/mol. The van der Waals surface area contributed by atoms with E-state index in [4.69, 9.17) is 0 Å². The van der Waals surface area contributed by atoms with Crippen molar-refractivity contribution in [2.45, 2.75) is 39.0 Å². The zero-order chi connectivity index (χ0) is 14.5. The van der Waals surface area contributed by atoms with Gasteiger partial charge in [-0.2, -0.15) is 9.40 Å². The van der Waals surface area contributed by atoms with Gasteiger partial charge in [-0.1, -0.05) is 0 Å². The van der Waals surface area contributed by atoms with Crippen LogP contribution in [-0.4, -0.2) is 39.1 Å². The van der Waals surface area contributed by atoms with Gasteiger partial charge in [0.1, 0.15) is 0 Å². The molecule has 7 heteroatoms. The number of aryl methyl sites for hydroxylation is 1. The second-order valence-corrected chi connectivity index (χ2v) is 7.95. The van der Waals surface area contributed by atoms with Gasteiger partial charge in [0.25, 0.3) is 0 Å². The van der Waals surface area contributed by atoms with E-state index in [-0.39, 0.29) is 0 Å². The third-order valence-corrected chi connectivity index (χ3v) is 5.91. The van der Waals surface area contributed by atoms with Gasteiger partial charge in [-0.3, -0.25) is 0 Å². The van der Waals surface area contributed by atoms with Crippen molar-refractivity contribution in [3.8, 4) is 0 Å². The quantitative estimate of drug-likeness (QED) is 0.833. The van der Waals surface area contributed by atoms with Crippen LogP contribution in [0.2, 0.25) is 0 Å². The first-order chi connectivity index (χ1) is 9.39. The summed E-state index contributed by atoms with van der Waals surface area (Å²) in [6, 6.07) is 1.93. The van der Waals surface area contributed by atoms with Crippen molar-refractivity contribution in [1.82, 2.24) is 18.9 Å². The molecule has 0 radical (unpaired) electrons. The molecule has 0 aromatic carbocycles. The fraction of sp³-hybridized carbons (Fsp3) is 0.538. The lowest BCUT2D eigenvalue weighted by Crippen LogP contribution is -2.40. The van der Waals surface area contributed by atoms with Gasteiger partial charge in [0.05, 0.1) is 16.6 Å². The third kappa shape index (κ3) is 2.01. The van der Waals surface area contributed by atoms with E-state index < -0.39 is 15.3 Å². The number of hydrogen-bond acceptors (Lipinski definition) is 4. The fourth-order valence-corrected chi connectivity index (χ4v) is 3.81. The maximum Gasteiger partial charge on any atom is 0.216 e. The highest BCUT2D eigenvalue weighted by atomic mass is 32.2. The van der Waals surface area contributed by atoms with Crippen molar-refractivity contribution in [2.24, 2.45) is 0 Å². The van der Waals surface area contributed by atoms with Gasteiger partial charge in [-0.05, 0) is 20.8 Å². The monoisotopic (exact) mass is 294 g/mol. The molecule has 6 nitrogen and oxygen atoms in total. The van der Waals surface area contributed by atoms with Gasteiger partial charge in [0, 0.05) is 37.3 Å². The highest BCUT2D eigenvalue weighted by Gasteiger charge is 2.30. The first kappa shape index (κ1) is 13.5. The minimum Gasteiger partial charge on any atom is -0.237 e. The summed E-state index contributed by atoms with van der Waals surface area (Å²) in [5.74, 6) is 0. The fourth-order valence-electron chi connectivity index (χ4n) is 2.54. The molecule has 108 valence electrons.